The van der Waals surface area contributed by atoms with Crippen LogP contribution in [-0.4, -0.2) is 35.0 Å². The van der Waals surface area contributed by atoms with Crippen molar-refractivity contribution in [3.8, 4) is 0 Å². The average Bonchev–Trinajstić information content (AvgIpc) is 2.74. The third-order valence-electron chi connectivity index (χ3n) is 3.55. The topological polar surface area (TPSA) is 57.6 Å². The van der Waals surface area contributed by atoms with Crippen LogP contribution in [0, 0.1) is 15.4 Å². The molecular formula is C14H16INO3. The van der Waals surface area contributed by atoms with Gasteiger partial charge in [0.2, 0.25) is 5.91 Å². The van der Waals surface area contributed by atoms with Gasteiger partial charge in [0.05, 0.1) is 12.3 Å². The number of rotatable bonds is 3. The molecule has 0 unspecified atom stereocenters. The molecule has 0 radical (unpaired) electrons. The summed E-state index contributed by atoms with van der Waals surface area (Å²) in [5.41, 5.74) is 0.969. The molecule has 1 saturated heterocycles. The first kappa shape index (κ1) is 14.3. The Morgan fingerprint density at radius 2 is 1.95 bits per heavy atom. The monoisotopic (exact) mass is 373 g/mol. The molecule has 19 heavy (non-hydrogen) atoms. The van der Waals surface area contributed by atoms with Crippen LogP contribution in [0.4, 0.5) is 0 Å². The highest BCUT2D eigenvalue weighted by molar-refractivity contribution is 14.1. The molecule has 1 aliphatic heterocycles. The van der Waals surface area contributed by atoms with Crippen LogP contribution in [0.1, 0.15) is 12.5 Å². The van der Waals surface area contributed by atoms with Gasteiger partial charge in [0.15, 0.2) is 0 Å². The largest absolute Gasteiger partial charge is 0.481 e. The fourth-order valence-electron chi connectivity index (χ4n) is 2.38. The molecule has 1 aromatic rings. The number of carboxylic acids is 1. The Morgan fingerprint density at radius 1 is 1.32 bits per heavy atom. The number of carbonyl (C=O) groups is 2. The number of benzene rings is 1. The molecule has 1 amide bonds. The standard InChI is InChI=1S/C14H16INO3/c1-9-7-16(8-12(9)14(18)19)13(17)6-10-2-4-11(15)5-3-10/h2-5,9,12H,6-8H2,1H3,(H,18,19)/t9-,12-/m1/s1. The Morgan fingerprint density at radius 3 is 2.47 bits per heavy atom. The van der Waals surface area contributed by atoms with E-state index in [1.165, 1.54) is 0 Å². The number of aliphatic carboxylic acids is 1. The predicted octanol–water partition coefficient (Wildman–Crippen LogP) is 2.01. The second-order valence-corrected chi connectivity index (χ2v) is 6.27. The molecule has 1 N–H and O–H groups in total. The van der Waals surface area contributed by atoms with Crippen LogP contribution in [0.15, 0.2) is 24.3 Å². The number of hydrogen-bond donors (Lipinski definition) is 1. The van der Waals surface area contributed by atoms with Gasteiger partial charge in [-0.1, -0.05) is 19.1 Å². The van der Waals surface area contributed by atoms with Crippen LogP contribution in [-0.2, 0) is 16.0 Å². The minimum atomic E-state index is -0.808. The van der Waals surface area contributed by atoms with Gasteiger partial charge in [-0.05, 0) is 46.2 Å². The summed E-state index contributed by atoms with van der Waals surface area (Å²) in [4.78, 5) is 24.8. The van der Waals surface area contributed by atoms with Gasteiger partial charge in [0, 0.05) is 16.7 Å². The summed E-state index contributed by atoms with van der Waals surface area (Å²) >= 11 is 2.22. The highest BCUT2D eigenvalue weighted by Crippen LogP contribution is 2.23. The zero-order chi connectivity index (χ0) is 14.0. The zero-order valence-electron chi connectivity index (χ0n) is 10.7. The first-order valence-electron chi connectivity index (χ1n) is 6.22. The molecule has 0 spiro atoms. The first-order chi connectivity index (χ1) is 8.97. The summed E-state index contributed by atoms with van der Waals surface area (Å²) < 4.78 is 1.13. The lowest BCUT2D eigenvalue weighted by Gasteiger charge is -2.15. The van der Waals surface area contributed by atoms with E-state index in [0.29, 0.717) is 19.5 Å². The van der Waals surface area contributed by atoms with E-state index in [1.807, 2.05) is 31.2 Å². The van der Waals surface area contributed by atoms with Gasteiger partial charge < -0.3 is 10.0 Å². The highest BCUT2D eigenvalue weighted by Gasteiger charge is 2.36. The smallest absolute Gasteiger partial charge is 0.308 e. The summed E-state index contributed by atoms with van der Waals surface area (Å²) in [6, 6.07) is 7.81. The minimum Gasteiger partial charge on any atom is -0.481 e. The van der Waals surface area contributed by atoms with E-state index in [2.05, 4.69) is 22.6 Å². The van der Waals surface area contributed by atoms with Gasteiger partial charge in [0.25, 0.3) is 0 Å². The Hall–Kier alpha value is -1.11. The maximum atomic E-state index is 12.1. The van der Waals surface area contributed by atoms with Crippen molar-refractivity contribution in [2.45, 2.75) is 13.3 Å². The molecule has 2 atom stereocenters. The molecular weight excluding hydrogens is 357 g/mol. The summed E-state index contributed by atoms with van der Waals surface area (Å²) in [5.74, 6) is -1.20. The molecule has 0 aliphatic carbocycles. The van der Waals surface area contributed by atoms with Gasteiger partial charge in [-0.15, -0.1) is 0 Å². The number of hydrogen-bond acceptors (Lipinski definition) is 2. The normalized spacial score (nSPS) is 22.5. The molecule has 5 heteroatoms. The van der Waals surface area contributed by atoms with Gasteiger partial charge in [0.1, 0.15) is 0 Å². The van der Waals surface area contributed by atoms with E-state index in [-0.39, 0.29) is 11.8 Å². The Bertz CT molecular complexity index is 486. The van der Waals surface area contributed by atoms with Crippen LogP contribution in [0.3, 0.4) is 0 Å². The molecule has 4 nitrogen and oxygen atoms in total. The number of carboxylic acid groups (broad SMARTS) is 1. The molecule has 0 aromatic heterocycles. The van der Waals surface area contributed by atoms with E-state index in [9.17, 15) is 9.59 Å². The third-order valence-corrected chi connectivity index (χ3v) is 4.27. The fraction of sp³-hybridized carbons (Fsp3) is 0.429. The minimum absolute atomic E-state index is 0.0109. The third kappa shape index (κ3) is 3.46. The summed E-state index contributed by atoms with van der Waals surface area (Å²) in [6.45, 7) is 2.76. The molecule has 1 fully saturated rings. The van der Waals surface area contributed by atoms with Gasteiger partial charge in [-0.25, -0.2) is 0 Å². The van der Waals surface area contributed by atoms with Crippen LogP contribution >= 0.6 is 22.6 Å². The van der Waals surface area contributed by atoms with Gasteiger partial charge >= 0.3 is 5.97 Å². The number of carbonyl (C=O) groups excluding carboxylic acids is 1. The summed E-state index contributed by atoms with van der Waals surface area (Å²) in [6.07, 6.45) is 0.343. The Balaban J connectivity index is 1.98. The van der Waals surface area contributed by atoms with Crippen molar-refractivity contribution in [3.05, 3.63) is 33.4 Å². The molecule has 1 aromatic carbocycles. The van der Waals surface area contributed by atoms with Gasteiger partial charge in [-0.3, -0.25) is 9.59 Å². The maximum Gasteiger partial charge on any atom is 0.308 e. The van der Waals surface area contributed by atoms with E-state index < -0.39 is 11.9 Å². The number of nitrogens with zero attached hydrogens (tertiary/aromatic N) is 1. The SMILES string of the molecule is C[C@@H]1CN(C(=O)Cc2ccc(I)cc2)C[C@H]1C(=O)O. The number of amides is 1. The lowest BCUT2D eigenvalue weighted by atomic mass is 9.99. The fourth-order valence-corrected chi connectivity index (χ4v) is 2.74. The molecule has 2 rings (SSSR count). The Labute approximate surface area is 125 Å². The Kier molecular flexibility index (Phi) is 4.44. The summed E-state index contributed by atoms with van der Waals surface area (Å²) in [5, 5.41) is 9.06. The van der Waals surface area contributed by atoms with Crippen molar-refractivity contribution < 1.29 is 14.7 Å². The summed E-state index contributed by atoms with van der Waals surface area (Å²) in [7, 11) is 0. The van der Waals surface area contributed by atoms with Crippen LogP contribution in [0.2, 0.25) is 0 Å². The second-order valence-electron chi connectivity index (χ2n) is 5.02. The zero-order valence-corrected chi connectivity index (χ0v) is 12.8. The number of likely N-dealkylation sites (tertiary alicyclic amines) is 1. The van der Waals surface area contributed by atoms with Crippen molar-refractivity contribution in [1.82, 2.24) is 4.90 Å². The van der Waals surface area contributed by atoms with E-state index >= 15 is 0 Å². The van der Waals surface area contributed by atoms with Crippen LogP contribution < -0.4 is 0 Å². The molecule has 1 heterocycles. The van der Waals surface area contributed by atoms with E-state index in [4.69, 9.17) is 5.11 Å². The maximum absolute atomic E-state index is 12.1. The van der Waals surface area contributed by atoms with Crippen LogP contribution in [0.5, 0.6) is 0 Å². The van der Waals surface area contributed by atoms with Gasteiger partial charge in [-0.2, -0.15) is 0 Å². The van der Waals surface area contributed by atoms with Crippen molar-refractivity contribution in [1.29, 1.82) is 0 Å². The molecule has 0 saturated carbocycles. The van der Waals surface area contributed by atoms with E-state index in [1.54, 1.807) is 4.90 Å². The molecule has 102 valence electrons. The quantitative estimate of drug-likeness (QED) is 0.825. The van der Waals surface area contributed by atoms with Crippen molar-refractivity contribution in [2.75, 3.05) is 13.1 Å². The number of halogens is 1. The molecule has 1 aliphatic rings. The lowest BCUT2D eigenvalue weighted by Crippen LogP contribution is -2.31. The average molecular weight is 373 g/mol. The predicted molar refractivity (Wildman–Crippen MR) is 79.7 cm³/mol. The first-order valence-corrected chi connectivity index (χ1v) is 7.30. The second kappa shape index (κ2) is 5.90. The molecule has 0 bridgehead atoms. The lowest BCUT2D eigenvalue weighted by molar-refractivity contribution is -0.142. The van der Waals surface area contributed by atoms with E-state index in [0.717, 1.165) is 9.13 Å². The van der Waals surface area contributed by atoms with Crippen LogP contribution in [0.25, 0.3) is 0 Å². The van der Waals surface area contributed by atoms with Crippen molar-refractivity contribution >= 4 is 34.5 Å². The van der Waals surface area contributed by atoms with Crippen molar-refractivity contribution in [2.24, 2.45) is 11.8 Å². The highest BCUT2D eigenvalue weighted by atomic mass is 127. The van der Waals surface area contributed by atoms with Crippen molar-refractivity contribution in [3.63, 3.8) is 0 Å².